The number of thioether (sulfide) groups is 1. The van der Waals surface area contributed by atoms with Gasteiger partial charge in [0.25, 0.3) is 5.91 Å². The number of hydrogen-bond donors (Lipinski definition) is 1. The second-order valence-electron chi connectivity index (χ2n) is 3.88. The van der Waals surface area contributed by atoms with Gasteiger partial charge >= 0.3 is 0 Å². The third-order valence-electron chi connectivity index (χ3n) is 2.44. The fraction of sp³-hybridized carbons (Fsp3) is 0. The van der Waals surface area contributed by atoms with Crippen molar-refractivity contribution in [3.63, 3.8) is 0 Å². The molecule has 0 spiro atoms. The monoisotopic (exact) mass is 284 g/mol. The zero-order chi connectivity index (χ0) is 14.4. The van der Waals surface area contributed by atoms with Crippen LogP contribution in [-0.2, 0) is 0 Å². The Balaban J connectivity index is 2.05. The van der Waals surface area contributed by atoms with Gasteiger partial charge in [0, 0.05) is 11.1 Å². The van der Waals surface area contributed by atoms with Gasteiger partial charge in [-0.05, 0) is 23.9 Å². The number of rotatable bonds is 2. The number of carbonyl (C=O) groups is 2. The first-order valence-electron chi connectivity index (χ1n) is 5.87. The predicted octanol–water partition coefficient (Wildman–Crippen LogP) is 2.72. The zero-order valence-electron chi connectivity index (χ0n) is 10.5. The first-order valence-corrected chi connectivity index (χ1v) is 6.69. The van der Waals surface area contributed by atoms with Gasteiger partial charge in [0.05, 0.1) is 0 Å². The van der Waals surface area contributed by atoms with Gasteiger partial charge < -0.3 is 5.73 Å². The van der Waals surface area contributed by atoms with Gasteiger partial charge in [-0.15, -0.1) is 0 Å². The Morgan fingerprint density at radius 1 is 0.850 bits per heavy atom. The van der Waals surface area contributed by atoms with Gasteiger partial charge in [-0.2, -0.15) is 4.99 Å². The number of carbonyl (C=O) groups excluding carboxylic acids is 2. The fourth-order valence-electron chi connectivity index (χ4n) is 1.50. The Hall–Kier alpha value is -2.40. The molecule has 0 aliphatic carbocycles. The Kier molecular flexibility index (Phi) is 4.68. The molecule has 0 saturated heterocycles. The van der Waals surface area contributed by atoms with Crippen LogP contribution in [-0.4, -0.2) is 16.2 Å². The van der Waals surface area contributed by atoms with Crippen LogP contribution in [0.25, 0.3) is 0 Å². The lowest BCUT2D eigenvalue weighted by Crippen LogP contribution is -2.13. The number of aliphatic imine (C=N–C) groups is 1. The first kappa shape index (κ1) is 14.0. The summed E-state index contributed by atoms with van der Waals surface area (Å²) in [5, 5.41) is -0.305. The lowest BCUT2D eigenvalue weighted by molar-refractivity contribution is 0.100. The highest BCUT2D eigenvalue weighted by molar-refractivity contribution is 8.26. The SMILES string of the molecule is NC(=NC(=O)c1ccccc1)SC(=O)c1ccccc1. The second-order valence-corrected chi connectivity index (χ2v) is 4.87. The van der Waals surface area contributed by atoms with Crippen LogP contribution in [0.2, 0.25) is 0 Å². The largest absolute Gasteiger partial charge is 0.378 e. The van der Waals surface area contributed by atoms with Gasteiger partial charge in [0.1, 0.15) is 0 Å². The summed E-state index contributed by atoms with van der Waals surface area (Å²) in [7, 11) is 0. The van der Waals surface area contributed by atoms with Crippen molar-refractivity contribution in [1.82, 2.24) is 0 Å². The Morgan fingerprint density at radius 3 is 1.90 bits per heavy atom. The minimum absolute atomic E-state index is 0.0623. The van der Waals surface area contributed by atoms with Gasteiger partial charge in [0.2, 0.25) is 5.12 Å². The van der Waals surface area contributed by atoms with E-state index in [1.165, 1.54) is 0 Å². The molecule has 0 aromatic heterocycles. The van der Waals surface area contributed by atoms with Crippen molar-refractivity contribution >= 4 is 28.0 Å². The second kappa shape index (κ2) is 6.68. The van der Waals surface area contributed by atoms with Crippen LogP contribution in [0, 0.1) is 0 Å². The van der Waals surface area contributed by atoms with Crippen molar-refractivity contribution in [1.29, 1.82) is 0 Å². The van der Waals surface area contributed by atoms with E-state index >= 15 is 0 Å². The molecule has 0 aliphatic rings. The lowest BCUT2D eigenvalue weighted by Gasteiger charge is -2.00. The number of nitrogens with two attached hydrogens (primary N) is 1. The molecular weight excluding hydrogens is 272 g/mol. The van der Waals surface area contributed by atoms with Crippen LogP contribution >= 0.6 is 11.8 Å². The van der Waals surface area contributed by atoms with E-state index in [2.05, 4.69) is 4.99 Å². The van der Waals surface area contributed by atoms with E-state index in [4.69, 9.17) is 5.73 Å². The summed E-state index contributed by atoms with van der Waals surface area (Å²) >= 11 is 0.744. The summed E-state index contributed by atoms with van der Waals surface area (Å²) in [6.07, 6.45) is 0. The van der Waals surface area contributed by atoms with Gasteiger partial charge in [0.15, 0.2) is 5.17 Å². The van der Waals surface area contributed by atoms with Crippen molar-refractivity contribution < 1.29 is 9.59 Å². The minimum atomic E-state index is -0.462. The summed E-state index contributed by atoms with van der Waals surface area (Å²) < 4.78 is 0. The molecule has 0 unspecified atom stereocenters. The van der Waals surface area contributed by atoms with Crippen LogP contribution in [0.3, 0.4) is 0 Å². The molecule has 2 rings (SSSR count). The molecule has 0 heterocycles. The molecule has 1 amide bonds. The highest BCUT2D eigenvalue weighted by Gasteiger charge is 2.10. The van der Waals surface area contributed by atoms with Crippen molar-refractivity contribution in [3.8, 4) is 0 Å². The molecule has 0 aliphatic heterocycles. The maximum absolute atomic E-state index is 11.9. The molecule has 0 radical (unpaired) electrons. The lowest BCUT2D eigenvalue weighted by atomic mass is 10.2. The normalized spacial score (nSPS) is 11.1. The van der Waals surface area contributed by atoms with Crippen molar-refractivity contribution in [3.05, 3.63) is 71.8 Å². The molecule has 2 N–H and O–H groups in total. The van der Waals surface area contributed by atoms with Crippen LogP contribution in [0.4, 0.5) is 0 Å². The summed E-state index contributed by atoms with van der Waals surface area (Å²) in [4.78, 5) is 27.4. The zero-order valence-corrected chi connectivity index (χ0v) is 11.3. The molecule has 0 bridgehead atoms. The molecule has 0 atom stereocenters. The molecule has 5 heteroatoms. The number of hydrogen-bond acceptors (Lipinski definition) is 3. The highest BCUT2D eigenvalue weighted by Crippen LogP contribution is 2.12. The summed E-state index contributed by atoms with van der Waals surface area (Å²) in [6, 6.07) is 17.3. The molecular formula is C15H12N2O2S. The first-order chi connectivity index (χ1) is 9.66. The topological polar surface area (TPSA) is 72.5 Å². The van der Waals surface area contributed by atoms with Crippen molar-refractivity contribution in [2.24, 2.45) is 10.7 Å². The molecule has 100 valence electrons. The summed E-state index contributed by atoms with van der Waals surface area (Å²) in [5.41, 5.74) is 6.57. The van der Waals surface area contributed by atoms with Crippen LogP contribution in [0.15, 0.2) is 65.7 Å². The Labute approximate surface area is 120 Å². The summed E-state index contributed by atoms with van der Waals surface area (Å²) in [6.45, 7) is 0. The maximum Gasteiger partial charge on any atom is 0.279 e. The van der Waals surface area contributed by atoms with E-state index < -0.39 is 5.91 Å². The smallest absolute Gasteiger partial charge is 0.279 e. The highest BCUT2D eigenvalue weighted by atomic mass is 32.2. The standard InChI is InChI=1S/C15H12N2O2S/c16-15(17-13(18)11-7-3-1-4-8-11)20-14(19)12-9-5-2-6-10-12/h1-10H,(H2,16,17,18). The number of nitrogens with zero attached hydrogens (tertiary/aromatic N) is 1. The van der Waals surface area contributed by atoms with E-state index in [9.17, 15) is 9.59 Å². The third kappa shape index (κ3) is 3.80. The number of amidine groups is 1. The molecule has 20 heavy (non-hydrogen) atoms. The van der Waals surface area contributed by atoms with Crippen molar-refractivity contribution in [2.75, 3.05) is 0 Å². The van der Waals surface area contributed by atoms with E-state index in [1.807, 2.05) is 6.07 Å². The van der Waals surface area contributed by atoms with Crippen LogP contribution < -0.4 is 5.73 Å². The fourth-order valence-corrected chi connectivity index (χ4v) is 2.07. The molecule has 2 aromatic rings. The number of amides is 1. The quantitative estimate of drug-likeness (QED) is 0.680. The molecule has 0 fully saturated rings. The average Bonchev–Trinajstić information content (AvgIpc) is 2.49. The van der Waals surface area contributed by atoms with Crippen molar-refractivity contribution in [2.45, 2.75) is 0 Å². The van der Waals surface area contributed by atoms with Crippen LogP contribution in [0.1, 0.15) is 20.7 Å². The van der Waals surface area contributed by atoms with E-state index in [0.29, 0.717) is 11.1 Å². The Morgan fingerprint density at radius 2 is 1.35 bits per heavy atom. The van der Waals surface area contributed by atoms with Crippen LogP contribution in [0.5, 0.6) is 0 Å². The molecule has 4 nitrogen and oxygen atoms in total. The summed E-state index contributed by atoms with van der Waals surface area (Å²) in [5.74, 6) is -0.462. The van der Waals surface area contributed by atoms with E-state index in [0.717, 1.165) is 11.8 Å². The van der Waals surface area contributed by atoms with Gasteiger partial charge in [-0.3, -0.25) is 9.59 Å². The van der Waals surface area contributed by atoms with Gasteiger partial charge in [-0.1, -0.05) is 48.5 Å². The number of benzene rings is 2. The molecule has 0 saturated carbocycles. The maximum atomic E-state index is 11.9. The predicted molar refractivity (Wildman–Crippen MR) is 80.8 cm³/mol. The average molecular weight is 284 g/mol. The minimum Gasteiger partial charge on any atom is -0.378 e. The van der Waals surface area contributed by atoms with E-state index in [-0.39, 0.29) is 10.3 Å². The Bertz CT molecular complexity index is 639. The third-order valence-corrected chi connectivity index (χ3v) is 3.16. The molecule has 2 aromatic carbocycles. The van der Waals surface area contributed by atoms with E-state index in [1.54, 1.807) is 54.6 Å². The van der Waals surface area contributed by atoms with Gasteiger partial charge in [-0.25, -0.2) is 0 Å².